The Bertz CT molecular complexity index is 832. The molecule has 2 atom stereocenters. The Morgan fingerprint density at radius 3 is 2.68 bits per heavy atom. The predicted molar refractivity (Wildman–Crippen MR) is 109 cm³/mol. The van der Waals surface area contributed by atoms with Crippen LogP contribution in [-0.4, -0.2) is 75.9 Å². The van der Waals surface area contributed by atoms with E-state index in [2.05, 4.69) is 54.3 Å². The number of nitrogens with zero attached hydrogens (tertiary/aromatic N) is 6. The Morgan fingerprint density at radius 1 is 1.07 bits per heavy atom. The van der Waals surface area contributed by atoms with Crippen LogP contribution in [0.3, 0.4) is 0 Å². The average molecular weight is 399 g/mol. The van der Waals surface area contributed by atoms with Gasteiger partial charge in [-0.2, -0.15) is 0 Å². The normalized spacial score (nSPS) is 25.6. The Kier molecular flexibility index (Phi) is 5.00. The van der Waals surface area contributed by atoms with Gasteiger partial charge in [-0.25, -0.2) is 4.98 Å². The molecule has 28 heavy (non-hydrogen) atoms. The van der Waals surface area contributed by atoms with Gasteiger partial charge in [-0.1, -0.05) is 11.2 Å². The first-order chi connectivity index (χ1) is 13.7. The fraction of sp³-hybridized carbons (Fsp3) is 0.550. The van der Waals surface area contributed by atoms with Crippen molar-refractivity contribution in [2.24, 2.45) is 11.1 Å². The van der Waals surface area contributed by atoms with Crippen LogP contribution in [0.4, 0.5) is 0 Å². The molecule has 0 saturated carbocycles. The number of fused-ring (bicyclic) bond motifs is 1. The third-order valence-corrected chi connectivity index (χ3v) is 6.64. The smallest absolute Gasteiger partial charge is 0.152 e. The molecule has 0 aromatic carbocycles. The van der Waals surface area contributed by atoms with Gasteiger partial charge in [0.2, 0.25) is 0 Å². The van der Waals surface area contributed by atoms with E-state index in [1.165, 1.54) is 5.69 Å². The first-order valence-electron chi connectivity index (χ1n) is 9.99. The number of rotatable bonds is 4. The molecule has 7 nitrogen and oxygen atoms in total. The van der Waals surface area contributed by atoms with Crippen LogP contribution >= 0.6 is 11.3 Å². The van der Waals surface area contributed by atoms with Crippen LogP contribution in [0.25, 0.3) is 0 Å². The number of thiazole rings is 1. The van der Waals surface area contributed by atoms with Crippen molar-refractivity contribution in [3.05, 3.63) is 46.2 Å². The van der Waals surface area contributed by atoms with Gasteiger partial charge in [0.15, 0.2) is 11.9 Å². The maximum atomic E-state index is 5.80. The molecule has 2 unspecified atom stereocenters. The highest BCUT2D eigenvalue weighted by Gasteiger charge is 2.44. The van der Waals surface area contributed by atoms with Gasteiger partial charge in [-0.3, -0.25) is 14.8 Å². The lowest BCUT2D eigenvalue weighted by Crippen LogP contribution is -2.50. The number of piperazine rings is 1. The van der Waals surface area contributed by atoms with Crippen LogP contribution in [0.5, 0.6) is 0 Å². The van der Waals surface area contributed by atoms with E-state index in [1.54, 1.807) is 11.3 Å². The zero-order valence-corrected chi connectivity index (χ0v) is 17.0. The van der Waals surface area contributed by atoms with E-state index in [-0.39, 0.29) is 6.10 Å². The highest BCUT2D eigenvalue weighted by molar-refractivity contribution is 7.09. The lowest BCUT2D eigenvalue weighted by Gasteiger charge is -2.36. The summed E-state index contributed by atoms with van der Waals surface area (Å²) in [4.78, 5) is 22.2. The fourth-order valence-electron chi connectivity index (χ4n) is 4.38. The molecule has 2 fully saturated rings. The molecule has 2 aromatic heterocycles. The molecule has 3 aliphatic rings. The van der Waals surface area contributed by atoms with E-state index < -0.39 is 0 Å². The van der Waals surface area contributed by atoms with E-state index in [1.807, 2.05) is 12.3 Å². The van der Waals surface area contributed by atoms with Gasteiger partial charge in [0.1, 0.15) is 0 Å². The summed E-state index contributed by atoms with van der Waals surface area (Å²) in [6, 6.07) is 6.13. The third kappa shape index (κ3) is 3.76. The summed E-state index contributed by atoms with van der Waals surface area (Å²) in [6.07, 6.45) is 2.07. The molecule has 2 aromatic rings. The van der Waals surface area contributed by atoms with Gasteiger partial charge < -0.3 is 9.74 Å². The topological polar surface area (TPSA) is 57.1 Å². The summed E-state index contributed by atoms with van der Waals surface area (Å²) in [7, 11) is 0. The number of hydrogen-bond donors (Lipinski definition) is 0. The maximum Gasteiger partial charge on any atom is 0.152 e. The molecule has 0 radical (unpaired) electrons. The first-order valence-corrected chi connectivity index (χ1v) is 10.9. The van der Waals surface area contributed by atoms with Crippen LogP contribution in [0.15, 0.2) is 34.9 Å². The van der Waals surface area contributed by atoms with Crippen LogP contribution in [-0.2, 0) is 17.9 Å². The summed E-state index contributed by atoms with van der Waals surface area (Å²) >= 11 is 1.72. The minimum absolute atomic E-state index is 0.196. The number of amidine groups is 1. The van der Waals surface area contributed by atoms with Crippen molar-refractivity contribution in [2.75, 3.05) is 39.3 Å². The van der Waals surface area contributed by atoms with Crippen molar-refractivity contribution in [1.29, 1.82) is 0 Å². The van der Waals surface area contributed by atoms with Gasteiger partial charge >= 0.3 is 0 Å². The monoisotopic (exact) mass is 398 g/mol. The van der Waals surface area contributed by atoms with Crippen molar-refractivity contribution < 1.29 is 4.84 Å². The molecule has 0 amide bonds. The molecular weight excluding hydrogens is 372 g/mol. The molecule has 148 valence electrons. The zero-order valence-electron chi connectivity index (χ0n) is 16.2. The van der Waals surface area contributed by atoms with Crippen molar-refractivity contribution in [2.45, 2.75) is 26.1 Å². The van der Waals surface area contributed by atoms with E-state index >= 15 is 0 Å². The molecule has 0 spiro atoms. The molecule has 3 aliphatic heterocycles. The molecule has 5 heterocycles. The first kappa shape index (κ1) is 18.0. The van der Waals surface area contributed by atoms with E-state index in [0.29, 0.717) is 5.92 Å². The average Bonchev–Trinajstić information content (AvgIpc) is 3.40. The standard InChI is InChI=1S/C20H26N6OS/c1-15-22-17(14-28-15)11-25-12-18-19(13-25)27-23-20(18)26-8-6-24(7-9-26)10-16-4-2-3-5-21-16/h2-5,14,18-19H,6-13H2,1H3. The Labute approximate surface area is 169 Å². The van der Waals surface area contributed by atoms with Crippen molar-refractivity contribution in [1.82, 2.24) is 24.7 Å². The van der Waals surface area contributed by atoms with Crippen molar-refractivity contribution in [3.63, 3.8) is 0 Å². The predicted octanol–water partition coefficient (Wildman–Crippen LogP) is 1.81. The van der Waals surface area contributed by atoms with Crippen molar-refractivity contribution in [3.8, 4) is 0 Å². The minimum atomic E-state index is 0.196. The summed E-state index contributed by atoms with van der Waals surface area (Å²) in [5.74, 6) is 1.54. The third-order valence-electron chi connectivity index (χ3n) is 5.82. The molecule has 0 N–H and O–H groups in total. The Hall–Kier alpha value is -2.03. The summed E-state index contributed by atoms with van der Waals surface area (Å²) in [5.41, 5.74) is 2.31. The second-order valence-electron chi connectivity index (χ2n) is 7.84. The van der Waals surface area contributed by atoms with Crippen LogP contribution in [0.2, 0.25) is 0 Å². The fourth-order valence-corrected chi connectivity index (χ4v) is 4.99. The molecular formula is C20H26N6OS. The number of aryl methyl sites for hydroxylation is 1. The lowest BCUT2D eigenvalue weighted by molar-refractivity contribution is 0.0742. The van der Waals surface area contributed by atoms with Crippen LogP contribution < -0.4 is 0 Å². The zero-order chi connectivity index (χ0) is 18.9. The van der Waals surface area contributed by atoms with Gasteiger partial charge in [-0.05, 0) is 19.1 Å². The molecule has 0 aliphatic carbocycles. The van der Waals surface area contributed by atoms with Gasteiger partial charge in [0.05, 0.1) is 22.3 Å². The summed E-state index contributed by atoms with van der Waals surface area (Å²) in [6.45, 7) is 9.92. The second-order valence-corrected chi connectivity index (χ2v) is 8.90. The van der Waals surface area contributed by atoms with Crippen LogP contribution in [0, 0.1) is 12.8 Å². The second kappa shape index (κ2) is 7.77. The molecule has 8 heteroatoms. The van der Waals surface area contributed by atoms with Gasteiger partial charge in [0.25, 0.3) is 0 Å². The number of oxime groups is 1. The summed E-state index contributed by atoms with van der Waals surface area (Å²) in [5, 5.41) is 7.77. The highest BCUT2D eigenvalue weighted by Crippen LogP contribution is 2.30. The molecule has 2 saturated heterocycles. The number of hydrogen-bond acceptors (Lipinski definition) is 8. The Balaban J connectivity index is 1.15. The number of aromatic nitrogens is 2. The molecule has 5 rings (SSSR count). The van der Waals surface area contributed by atoms with Gasteiger partial charge in [0, 0.05) is 63.9 Å². The molecule has 0 bridgehead atoms. The largest absolute Gasteiger partial charge is 0.389 e. The number of pyridine rings is 1. The quantitative estimate of drug-likeness (QED) is 0.783. The Morgan fingerprint density at radius 2 is 1.93 bits per heavy atom. The highest BCUT2D eigenvalue weighted by atomic mass is 32.1. The number of likely N-dealkylation sites (tertiary alicyclic amines) is 1. The van der Waals surface area contributed by atoms with E-state index in [0.717, 1.165) is 68.9 Å². The maximum absolute atomic E-state index is 5.80. The van der Waals surface area contributed by atoms with E-state index in [9.17, 15) is 0 Å². The lowest BCUT2D eigenvalue weighted by atomic mass is 10.0. The van der Waals surface area contributed by atoms with E-state index in [4.69, 9.17) is 4.84 Å². The van der Waals surface area contributed by atoms with Crippen molar-refractivity contribution >= 4 is 17.2 Å². The van der Waals surface area contributed by atoms with Crippen LogP contribution in [0.1, 0.15) is 16.4 Å². The SMILES string of the molecule is Cc1nc(CN2CC3ON=C(N4CCN(Cc5ccccn5)CC4)C3C2)cs1. The minimum Gasteiger partial charge on any atom is -0.389 e. The summed E-state index contributed by atoms with van der Waals surface area (Å²) < 4.78 is 0. The van der Waals surface area contributed by atoms with Gasteiger partial charge in [-0.15, -0.1) is 11.3 Å².